The van der Waals surface area contributed by atoms with Crippen molar-refractivity contribution in [2.75, 3.05) is 0 Å². The molecule has 0 N–H and O–H groups in total. The van der Waals surface area contributed by atoms with Crippen LogP contribution in [0.15, 0.2) is 207 Å². The quantitative estimate of drug-likeness (QED) is 0.153. The standard InChI is InChI=1S/C54H36N4/c1-3-4-17-35(2)57-49-29-15-12-26-45(49)52-43-24-9-8-22-40(43)46(34-51(52)57)38-30-31-42-41-23-11-14-28-48(41)58(50(42)33-38)54-55-47-27-13-10-25-44(47)53(56-54)39-21-16-20-37(32-39)36-18-6-5-7-19-36/h3-34H,1-2H2/b17-4-. The molecule has 0 aliphatic rings. The van der Waals surface area contributed by atoms with Crippen LogP contribution in [0.4, 0.5) is 0 Å². The molecule has 0 radical (unpaired) electrons. The Bertz CT molecular complexity index is 3490. The van der Waals surface area contributed by atoms with Crippen LogP contribution in [0.1, 0.15) is 0 Å². The molecule has 0 unspecified atom stereocenters. The Kier molecular flexibility index (Phi) is 7.76. The Hall–Kier alpha value is -7.82. The predicted molar refractivity (Wildman–Crippen MR) is 245 cm³/mol. The van der Waals surface area contributed by atoms with Crippen LogP contribution in [0, 0.1) is 0 Å². The largest absolute Gasteiger partial charge is 0.310 e. The van der Waals surface area contributed by atoms with E-state index in [4.69, 9.17) is 9.97 Å². The van der Waals surface area contributed by atoms with E-state index in [-0.39, 0.29) is 0 Å². The fraction of sp³-hybridized carbons (Fsp3) is 0. The van der Waals surface area contributed by atoms with E-state index in [0.717, 1.165) is 77.4 Å². The van der Waals surface area contributed by atoms with Gasteiger partial charge in [-0.2, -0.15) is 0 Å². The molecule has 3 aromatic heterocycles. The van der Waals surface area contributed by atoms with Crippen LogP contribution in [0.25, 0.3) is 110 Å². The molecule has 0 bridgehead atoms. The Balaban J connectivity index is 1.18. The maximum absolute atomic E-state index is 5.45. The third-order valence-electron chi connectivity index (χ3n) is 11.4. The monoisotopic (exact) mass is 740 g/mol. The summed E-state index contributed by atoms with van der Waals surface area (Å²) in [6.45, 7) is 8.41. The van der Waals surface area contributed by atoms with Gasteiger partial charge in [-0.3, -0.25) is 4.57 Å². The van der Waals surface area contributed by atoms with Gasteiger partial charge < -0.3 is 4.57 Å². The summed E-state index contributed by atoms with van der Waals surface area (Å²) in [7, 11) is 0. The van der Waals surface area contributed by atoms with Crippen molar-refractivity contribution < 1.29 is 0 Å². The first kappa shape index (κ1) is 33.5. The van der Waals surface area contributed by atoms with Crippen LogP contribution in [-0.4, -0.2) is 19.1 Å². The van der Waals surface area contributed by atoms with Gasteiger partial charge in [-0.15, -0.1) is 0 Å². The van der Waals surface area contributed by atoms with Gasteiger partial charge in [0.25, 0.3) is 0 Å². The van der Waals surface area contributed by atoms with E-state index in [1.807, 2.05) is 12.2 Å². The van der Waals surface area contributed by atoms with Gasteiger partial charge >= 0.3 is 0 Å². The van der Waals surface area contributed by atoms with Crippen molar-refractivity contribution in [2.45, 2.75) is 0 Å². The summed E-state index contributed by atoms with van der Waals surface area (Å²) in [6.07, 6.45) is 5.75. The zero-order chi connectivity index (χ0) is 38.7. The Labute approximate surface area is 335 Å². The second kappa shape index (κ2) is 13.4. The van der Waals surface area contributed by atoms with E-state index in [1.54, 1.807) is 6.08 Å². The Morgan fingerprint density at radius 3 is 1.95 bits per heavy atom. The second-order valence-electron chi connectivity index (χ2n) is 14.7. The third kappa shape index (κ3) is 5.23. The molecule has 11 rings (SSSR count). The number of para-hydroxylation sites is 3. The van der Waals surface area contributed by atoms with Gasteiger partial charge in [-0.25, -0.2) is 9.97 Å². The fourth-order valence-electron chi connectivity index (χ4n) is 8.85. The van der Waals surface area contributed by atoms with E-state index in [1.165, 1.54) is 27.1 Å². The van der Waals surface area contributed by atoms with Crippen molar-refractivity contribution in [1.29, 1.82) is 0 Å². The molecular weight excluding hydrogens is 705 g/mol. The summed E-state index contributed by atoms with van der Waals surface area (Å²) >= 11 is 0. The highest BCUT2D eigenvalue weighted by molar-refractivity contribution is 6.25. The summed E-state index contributed by atoms with van der Waals surface area (Å²) in [4.78, 5) is 10.7. The van der Waals surface area contributed by atoms with Crippen molar-refractivity contribution in [3.63, 3.8) is 0 Å². The molecule has 3 heterocycles. The molecule has 0 amide bonds. The topological polar surface area (TPSA) is 35.6 Å². The molecule has 0 aliphatic carbocycles. The summed E-state index contributed by atoms with van der Waals surface area (Å²) < 4.78 is 4.51. The molecule has 0 atom stereocenters. The normalized spacial score (nSPS) is 11.9. The minimum atomic E-state index is 0.632. The average Bonchev–Trinajstić information content (AvgIpc) is 3.80. The molecule has 58 heavy (non-hydrogen) atoms. The number of hydrogen-bond donors (Lipinski definition) is 0. The summed E-state index contributed by atoms with van der Waals surface area (Å²) in [5, 5.41) is 8.11. The van der Waals surface area contributed by atoms with Crippen molar-refractivity contribution in [3.8, 4) is 39.5 Å². The van der Waals surface area contributed by atoms with E-state index in [9.17, 15) is 0 Å². The van der Waals surface area contributed by atoms with Crippen LogP contribution < -0.4 is 0 Å². The zero-order valence-corrected chi connectivity index (χ0v) is 31.7. The molecule has 0 saturated carbocycles. The highest BCUT2D eigenvalue weighted by Gasteiger charge is 2.21. The molecule has 0 saturated heterocycles. The van der Waals surface area contributed by atoms with Crippen molar-refractivity contribution >= 4 is 71.0 Å². The lowest BCUT2D eigenvalue weighted by Crippen LogP contribution is -2.03. The van der Waals surface area contributed by atoms with E-state index in [0.29, 0.717) is 5.95 Å². The maximum atomic E-state index is 5.45. The molecule has 4 heteroatoms. The maximum Gasteiger partial charge on any atom is 0.235 e. The van der Waals surface area contributed by atoms with Gasteiger partial charge in [0, 0.05) is 38.2 Å². The highest BCUT2D eigenvalue weighted by Crippen LogP contribution is 2.43. The summed E-state index contributed by atoms with van der Waals surface area (Å²) in [5.41, 5.74) is 12.6. The predicted octanol–water partition coefficient (Wildman–Crippen LogP) is 14.2. The van der Waals surface area contributed by atoms with Crippen LogP contribution >= 0.6 is 0 Å². The lowest BCUT2D eigenvalue weighted by Gasteiger charge is -2.14. The smallest absolute Gasteiger partial charge is 0.235 e. The second-order valence-corrected chi connectivity index (χ2v) is 14.7. The summed E-state index contributed by atoms with van der Waals surface area (Å²) in [5.74, 6) is 0.632. The number of allylic oxidation sites excluding steroid dienone is 4. The summed E-state index contributed by atoms with van der Waals surface area (Å²) in [6, 6.07) is 62.6. The van der Waals surface area contributed by atoms with Crippen LogP contribution in [0.2, 0.25) is 0 Å². The first-order valence-corrected chi connectivity index (χ1v) is 19.6. The third-order valence-corrected chi connectivity index (χ3v) is 11.4. The van der Waals surface area contributed by atoms with Gasteiger partial charge in [0.2, 0.25) is 5.95 Å². The molecule has 8 aromatic carbocycles. The number of benzene rings is 8. The van der Waals surface area contributed by atoms with Gasteiger partial charge in [-0.05, 0) is 75.5 Å². The average molecular weight is 741 g/mol. The van der Waals surface area contributed by atoms with E-state index in [2.05, 4.69) is 198 Å². The SMILES string of the molecule is C=C/C=C\C(=C)n1c2ccccc2c2c3ccccc3c(-c3ccc4c5ccccc5n(-c5nc(-c6cccc(-c7ccccc7)c6)c6ccccc6n5)c4c3)cc21. The van der Waals surface area contributed by atoms with Crippen LogP contribution in [0.3, 0.4) is 0 Å². The van der Waals surface area contributed by atoms with E-state index >= 15 is 0 Å². The molecule has 0 aliphatic heterocycles. The lowest BCUT2D eigenvalue weighted by molar-refractivity contribution is 1.01. The van der Waals surface area contributed by atoms with E-state index < -0.39 is 0 Å². The zero-order valence-electron chi connectivity index (χ0n) is 31.7. The van der Waals surface area contributed by atoms with Crippen LogP contribution in [0.5, 0.6) is 0 Å². The van der Waals surface area contributed by atoms with Crippen molar-refractivity contribution in [2.24, 2.45) is 0 Å². The molecule has 0 fully saturated rings. The molecule has 11 aromatic rings. The van der Waals surface area contributed by atoms with Gasteiger partial charge in [0.15, 0.2) is 0 Å². The fourth-order valence-corrected chi connectivity index (χ4v) is 8.85. The first-order chi connectivity index (χ1) is 28.7. The molecule has 4 nitrogen and oxygen atoms in total. The number of fused-ring (bicyclic) bond motifs is 9. The molecular formula is C54H36N4. The highest BCUT2D eigenvalue weighted by atomic mass is 15.2. The number of hydrogen-bond acceptors (Lipinski definition) is 2. The van der Waals surface area contributed by atoms with Gasteiger partial charge in [-0.1, -0.05) is 165 Å². The minimum Gasteiger partial charge on any atom is -0.310 e. The van der Waals surface area contributed by atoms with Crippen molar-refractivity contribution in [3.05, 3.63) is 207 Å². The van der Waals surface area contributed by atoms with Gasteiger partial charge in [0.05, 0.1) is 33.3 Å². The molecule has 0 spiro atoms. The number of nitrogens with zero attached hydrogens (tertiary/aromatic N) is 4. The Morgan fingerprint density at radius 1 is 0.466 bits per heavy atom. The van der Waals surface area contributed by atoms with Gasteiger partial charge in [0.1, 0.15) is 0 Å². The lowest BCUT2D eigenvalue weighted by atomic mass is 9.94. The minimum absolute atomic E-state index is 0.632. The van der Waals surface area contributed by atoms with Crippen LogP contribution in [-0.2, 0) is 0 Å². The first-order valence-electron chi connectivity index (χ1n) is 19.6. The number of rotatable bonds is 7. The Morgan fingerprint density at radius 2 is 1.12 bits per heavy atom. The number of aromatic nitrogens is 4. The molecule has 272 valence electrons. The van der Waals surface area contributed by atoms with Crippen molar-refractivity contribution in [1.82, 2.24) is 19.1 Å².